The molecule has 3 rings (SSSR count). The van der Waals surface area contributed by atoms with E-state index in [1.54, 1.807) is 0 Å². The molecule has 0 saturated carbocycles. The monoisotopic (exact) mass is 520 g/mol. The van der Waals surface area contributed by atoms with E-state index in [4.69, 9.17) is 4.74 Å². The number of hydrogen-bond donors (Lipinski definition) is 4. The van der Waals surface area contributed by atoms with Crippen molar-refractivity contribution in [2.45, 2.75) is 32.4 Å². The maximum Gasteiger partial charge on any atom is 0.407 e. The highest BCUT2D eigenvalue weighted by Gasteiger charge is 2.25. The molecule has 1 aromatic heterocycles. The molecule has 1 unspecified atom stereocenters. The van der Waals surface area contributed by atoms with Crippen molar-refractivity contribution in [1.29, 1.82) is 0 Å². The highest BCUT2D eigenvalue weighted by molar-refractivity contribution is 5.98. The molecule has 2 amide bonds. The minimum Gasteiger partial charge on any atom is -0.480 e. The second-order valence-electron chi connectivity index (χ2n) is 8.09. The third-order valence-electron chi connectivity index (χ3n) is 5.44. The van der Waals surface area contributed by atoms with Crippen molar-refractivity contribution < 1.29 is 33.0 Å². The van der Waals surface area contributed by atoms with Gasteiger partial charge in [-0.05, 0) is 12.5 Å². The quantitative estimate of drug-likeness (QED) is 0.340. The average Bonchev–Trinajstić information content (AvgIpc) is 3.37. The fourth-order valence-corrected chi connectivity index (χ4v) is 3.50. The Labute approximate surface area is 209 Å². The molecule has 0 saturated heterocycles. The first-order valence-electron chi connectivity index (χ1n) is 11.4. The van der Waals surface area contributed by atoms with Crippen LogP contribution in [0.5, 0.6) is 0 Å². The number of nitrogens with one attached hydrogen (secondary N) is 3. The summed E-state index contributed by atoms with van der Waals surface area (Å²) >= 11 is 0. The van der Waals surface area contributed by atoms with Crippen LogP contribution in [-0.2, 0) is 23.1 Å². The summed E-state index contributed by atoms with van der Waals surface area (Å²) in [4.78, 5) is 56.7. The van der Waals surface area contributed by atoms with E-state index in [0.29, 0.717) is 13.0 Å². The van der Waals surface area contributed by atoms with Crippen LogP contribution in [0.1, 0.15) is 35.7 Å². The normalized spacial score (nSPS) is 13.2. The van der Waals surface area contributed by atoms with E-state index in [0.717, 1.165) is 23.3 Å². The molecule has 0 aliphatic carbocycles. The molecule has 0 radical (unpaired) electrons. The van der Waals surface area contributed by atoms with Crippen molar-refractivity contribution in [3.8, 4) is 0 Å². The van der Waals surface area contributed by atoms with E-state index in [9.17, 15) is 28.7 Å². The standard InChI is InChI=1S/C23H26F2N6O6/c1-3-4-7-37-23(36)30-16(21(34)35)10-28-20(33)14-11-31(2)18-12(19(14)32)8-15(24)13(17(18)25)9-29-22-26-5-6-27-22/h5,8,11,16H,3-4,6-7,9-10H2,1-2H3,(H,27,29)(H,28,33)(H,30,36)(H,34,35). The second kappa shape index (κ2) is 12.1. The van der Waals surface area contributed by atoms with Crippen molar-refractivity contribution in [1.82, 2.24) is 20.5 Å². The van der Waals surface area contributed by atoms with Crippen LogP contribution in [0, 0.1) is 11.6 Å². The first-order valence-corrected chi connectivity index (χ1v) is 11.4. The van der Waals surface area contributed by atoms with Gasteiger partial charge >= 0.3 is 12.1 Å². The SMILES string of the molecule is CCCCOC(=O)NC(CNC(=O)c1cn(C)c2c(F)c(CNC3=NCC=N3)c(F)cc2c1=O)C(=O)O. The molecular weight excluding hydrogens is 494 g/mol. The van der Waals surface area contributed by atoms with Crippen LogP contribution in [0.25, 0.3) is 10.9 Å². The van der Waals surface area contributed by atoms with Crippen LogP contribution in [-0.4, -0.2) is 65.6 Å². The van der Waals surface area contributed by atoms with Gasteiger partial charge in [-0.1, -0.05) is 13.3 Å². The van der Waals surface area contributed by atoms with Gasteiger partial charge < -0.3 is 30.4 Å². The molecule has 2 heterocycles. The predicted octanol–water partition coefficient (Wildman–Crippen LogP) is 1.06. The summed E-state index contributed by atoms with van der Waals surface area (Å²) in [5, 5.41) is 16.0. The van der Waals surface area contributed by atoms with Gasteiger partial charge in [0, 0.05) is 38.1 Å². The lowest BCUT2D eigenvalue weighted by Gasteiger charge is -2.16. The minimum atomic E-state index is -1.54. The number of halogens is 2. The van der Waals surface area contributed by atoms with Crippen LogP contribution in [0.4, 0.5) is 13.6 Å². The lowest BCUT2D eigenvalue weighted by molar-refractivity contribution is -0.139. The Morgan fingerprint density at radius 3 is 2.70 bits per heavy atom. The predicted molar refractivity (Wildman–Crippen MR) is 130 cm³/mol. The van der Waals surface area contributed by atoms with Gasteiger partial charge in [0.15, 0.2) is 5.82 Å². The van der Waals surface area contributed by atoms with Crippen LogP contribution in [0.3, 0.4) is 0 Å². The molecule has 1 aromatic carbocycles. The number of carbonyl (C=O) groups excluding carboxylic acids is 2. The van der Waals surface area contributed by atoms with Gasteiger partial charge in [0.2, 0.25) is 11.4 Å². The van der Waals surface area contributed by atoms with E-state index < -0.39 is 53.2 Å². The van der Waals surface area contributed by atoms with E-state index in [-0.39, 0.29) is 35.6 Å². The third-order valence-corrected chi connectivity index (χ3v) is 5.44. The summed E-state index contributed by atoms with van der Waals surface area (Å²) in [6, 6.07) is -0.705. The van der Waals surface area contributed by atoms with Crippen molar-refractivity contribution in [2.24, 2.45) is 17.0 Å². The van der Waals surface area contributed by atoms with Crippen LogP contribution >= 0.6 is 0 Å². The first kappa shape index (κ1) is 27.2. The Bertz CT molecular complexity index is 1340. The van der Waals surface area contributed by atoms with E-state index >= 15 is 4.39 Å². The topological polar surface area (TPSA) is 163 Å². The minimum absolute atomic E-state index is 0.0990. The number of aryl methyl sites for hydroxylation is 1. The summed E-state index contributed by atoms with van der Waals surface area (Å²) < 4.78 is 36.0. The number of rotatable bonds is 10. The molecule has 1 aliphatic rings. The molecule has 2 aromatic rings. The van der Waals surface area contributed by atoms with E-state index in [1.807, 2.05) is 6.92 Å². The van der Waals surface area contributed by atoms with Gasteiger partial charge in [0.1, 0.15) is 17.4 Å². The number of aliphatic imine (C=N–C) groups is 2. The molecule has 0 fully saturated rings. The summed E-state index contributed by atoms with van der Waals surface area (Å²) in [5.41, 5.74) is -1.99. The van der Waals surface area contributed by atoms with Crippen molar-refractivity contribution in [2.75, 3.05) is 19.7 Å². The van der Waals surface area contributed by atoms with Gasteiger partial charge in [-0.15, -0.1) is 0 Å². The number of hydrogen-bond acceptors (Lipinski definition) is 8. The number of aliphatic carboxylic acids is 1. The molecule has 1 atom stereocenters. The summed E-state index contributed by atoms with van der Waals surface area (Å²) in [7, 11) is 1.37. The number of amides is 2. The lowest BCUT2D eigenvalue weighted by Crippen LogP contribution is -2.49. The van der Waals surface area contributed by atoms with Crippen molar-refractivity contribution in [3.05, 3.63) is 45.2 Å². The van der Waals surface area contributed by atoms with E-state index in [1.165, 1.54) is 13.3 Å². The zero-order valence-corrected chi connectivity index (χ0v) is 20.1. The number of nitrogens with zero attached hydrogens (tertiary/aromatic N) is 3. The number of carboxylic acid groups (broad SMARTS) is 1. The zero-order chi connectivity index (χ0) is 27.1. The fourth-order valence-electron chi connectivity index (χ4n) is 3.50. The maximum absolute atomic E-state index is 15.2. The van der Waals surface area contributed by atoms with Crippen molar-refractivity contribution >= 4 is 41.0 Å². The third kappa shape index (κ3) is 6.45. The summed E-state index contributed by atoms with van der Waals surface area (Å²) in [6.45, 7) is 1.50. The van der Waals surface area contributed by atoms with Crippen molar-refractivity contribution in [3.63, 3.8) is 0 Å². The zero-order valence-electron chi connectivity index (χ0n) is 20.1. The Morgan fingerprint density at radius 2 is 2.05 bits per heavy atom. The number of fused-ring (bicyclic) bond motifs is 1. The molecular formula is C23H26F2N6O6. The first-order chi connectivity index (χ1) is 17.6. The number of pyridine rings is 1. The summed E-state index contributed by atoms with van der Waals surface area (Å²) in [5.74, 6) is -4.21. The average molecular weight is 520 g/mol. The van der Waals surface area contributed by atoms with Crippen LogP contribution < -0.4 is 21.4 Å². The summed E-state index contributed by atoms with van der Waals surface area (Å²) in [6.07, 6.45) is 2.98. The number of carboxylic acids is 1. The number of guanidine groups is 1. The fraction of sp³-hybridized carbons (Fsp3) is 0.391. The Kier molecular flexibility index (Phi) is 8.87. The highest BCUT2D eigenvalue weighted by Crippen LogP contribution is 2.22. The number of ether oxygens (including phenoxy) is 1. The molecule has 14 heteroatoms. The van der Waals surface area contributed by atoms with Gasteiger partial charge in [0.05, 0.1) is 24.1 Å². The highest BCUT2D eigenvalue weighted by atomic mass is 19.1. The Morgan fingerprint density at radius 1 is 1.30 bits per heavy atom. The number of aromatic nitrogens is 1. The molecule has 0 spiro atoms. The maximum atomic E-state index is 15.2. The molecule has 0 bridgehead atoms. The number of carbonyl (C=O) groups is 3. The molecule has 12 nitrogen and oxygen atoms in total. The second-order valence-corrected chi connectivity index (χ2v) is 8.09. The van der Waals surface area contributed by atoms with Crippen LogP contribution in [0.2, 0.25) is 0 Å². The number of alkyl carbamates (subject to hydrolysis) is 1. The Balaban J connectivity index is 1.79. The Hall–Kier alpha value is -4.36. The van der Waals surface area contributed by atoms with Gasteiger partial charge in [0.25, 0.3) is 5.91 Å². The number of unbranched alkanes of at least 4 members (excludes halogenated alkanes) is 1. The smallest absolute Gasteiger partial charge is 0.407 e. The van der Waals surface area contributed by atoms with E-state index in [2.05, 4.69) is 25.9 Å². The largest absolute Gasteiger partial charge is 0.480 e. The molecule has 37 heavy (non-hydrogen) atoms. The van der Waals surface area contributed by atoms with Gasteiger partial charge in [-0.3, -0.25) is 9.59 Å². The lowest BCUT2D eigenvalue weighted by atomic mass is 10.1. The molecule has 1 aliphatic heterocycles. The van der Waals surface area contributed by atoms with Gasteiger partial charge in [-0.2, -0.15) is 0 Å². The number of benzene rings is 1. The molecule has 4 N–H and O–H groups in total. The van der Waals surface area contributed by atoms with Crippen LogP contribution in [0.15, 0.2) is 27.0 Å². The van der Waals surface area contributed by atoms with Gasteiger partial charge in [-0.25, -0.2) is 28.4 Å². The molecule has 198 valence electrons.